The average molecular weight is 429 g/mol. The summed E-state index contributed by atoms with van der Waals surface area (Å²) < 4.78 is 32.2. The largest absolute Gasteiger partial charge is 0.444 e. The molecule has 1 aromatic heterocycles. The van der Waals surface area contributed by atoms with Crippen molar-refractivity contribution in [3.05, 3.63) is 64.9 Å². The maximum atomic E-state index is 13.8. The van der Waals surface area contributed by atoms with Gasteiger partial charge >= 0.3 is 6.09 Å². The van der Waals surface area contributed by atoms with Gasteiger partial charge in [-0.2, -0.15) is 0 Å². The molecule has 3 rings (SSSR count). The van der Waals surface area contributed by atoms with E-state index in [0.29, 0.717) is 37.7 Å². The molecule has 1 aliphatic rings. The second kappa shape index (κ2) is 9.24. The predicted molar refractivity (Wildman–Crippen MR) is 114 cm³/mol. The number of halogens is 2. The normalized spacial score (nSPS) is 14.2. The number of anilines is 1. The molecule has 164 valence electrons. The van der Waals surface area contributed by atoms with Gasteiger partial charge in [0.25, 0.3) is 5.91 Å². The zero-order valence-corrected chi connectivity index (χ0v) is 17.7. The number of nitrogens with zero attached hydrogens (tertiary/aromatic N) is 2. The Morgan fingerprint density at radius 2 is 1.84 bits per heavy atom. The van der Waals surface area contributed by atoms with Crippen LogP contribution in [0, 0.1) is 11.6 Å². The van der Waals surface area contributed by atoms with E-state index in [1.807, 2.05) is 26.8 Å². The van der Waals surface area contributed by atoms with E-state index in [0.717, 1.165) is 17.7 Å². The van der Waals surface area contributed by atoms with Crippen molar-refractivity contribution in [3.63, 3.8) is 0 Å². The minimum atomic E-state index is -0.937. The number of aromatic nitrogens is 1. The van der Waals surface area contributed by atoms with Crippen molar-refractivity contribution in [1.29, 1.82) is 0 Å². The number of nitrogens with one attached hydrogen (secondary N) is 1. The van der Waals surface area contributed by atoms with Gasteiger partial charge in [0, 0.05) is 19.2 Å². The SMILES string of the molecule is CC(C)(C)OC(=O)N1CCC(=Cc2cccc(NC(=O)c3ccc(F)cc3F)n2)CC1. The third-order valence-corrected chi connectivity index (χ3v) is 4.60. The Kier molecular flexibility index (Phi) is 6.68. The monoisotopic (exact) mass is 429 g/mol. The number of pyridine rings is 1. The van der Waals surface area contributed by atoms with Gasteiger partial charge in [-0.3, -0.25) is 4.79 Å². The van der Waals surface area contributed by atoms with Crippen molar-refractivity contribution in [1.82, 2.24) is 9.88 Å². The van der Waals surface area contributed by atoms with E-state index >= 15 is 0 Å². The van der Waals surface area contributed by atoms with Crippen LogP contribution in [0.15, 0.2) is 42.0 Å². The summed E-state index contributed by atoms with van der Waals surface area (Å²) in [7, 11) is 0. The third-order valence-electron chi connectivity index (χ3n) is 4.60. The number of likely N-dealkylation sites (tertiary alicyclic amines) is 1. The number of carbonyl (C=O) groups is 2. The summed E-state index contributed by atoms with van der Waals surface area (Å²) >= 11 is 0. The Balaban J connectivity index is 1.62. The highest BCUT2D eigenvalue weighted by atomic mass is 19.1. The van der Waals surface area contributed by atoms with Crippen LogP contribution in [0.1, 0.15) is 49.7 Å². The van der Waals surface area contributed by atoms with Crippen molar-refractivity contribution in [2.45, 2.75) is 39.2 Å². The highest BCUT2D eigenvalue weighted by Crippen LogP contribution is 2.21. The molecule has 0 spiro atoms. The highest BCUT2D eigenvalue weighted by Gasteiger charge is 2.24. The Bertz CT molecular complexity index is 1010. The molecule has 0 aliphatic carbocycles. The van der Waals surface area contributed by atoms with E-state index in [9.17, 15) is 18.4 Å². The van der Waals surface area contributed by atoms with Crippen LogP contribution < -0.4 is 5.32 Å². The van der Waals surface area contributed by atoms with Crippen LogP contribution in [0.2, 0.25) is 0 Å². The number of amides is 2. The van der Waals surface area contributed by atoms with Gasteiger partial charge in [0.1, 0.15) is 23.1 Å². The van der Waals surface area contributed by atoms with Gasteiger partial charge in [-0.25, -0.2) is 18.6 Å². The number of piperidine rings is 1. The molecule has 0 bridgehead atoms. The van der Waals surface area contributed by atoms with Crippen molar-refractivity contribution in [2.75, 3.05) is 18.4 Å². The Morgan fingerprint density at radius 1 is 1.13 bits per heavy atom. The van der Waals surface area contributed by atoms with Crippen LogP contribution in [-0.4, -0.2) is 40.6 Å². The minimum absolute atomic E-state index is 0.259. The van der Waals surface area contributed by atoms with Gasteiger partial charge in [0.15, 0.2) is 0 Å². The molecule has 0 radical (unpaired) electrons. The van der Waals surface area contributed by atoms with Crippen LogP contribution >= 0.6 is 0 Å². The lowest BCUT2D eigenvalue weighted by Crippen LogP contribution is -2.40. The Morgan fingerprint density at radius 3 is 2.48 bits per heavy atom. The number of carbonyl (C=O) groups excluding carboxylic acids is 2. The first-order chi connectivity index (χ1) is 14.6. The van der Waals surface area contributed by atoms with Crippen molar-refractivity contribution in [2.24, 2.45) is 0 Å². The van der Waals surface area contributed by atoms with Crippen LogP contribution in [-0.2, 0) is 4.74 Å². The van der Waals surface area contributed by atoms with Crippen LogP contribution in [0.4, 0.5) is 19.4 Å². The van der Waals surface area contributed by atoms with Crippen molar-refractivity contribution < 1.29 is 23.1 Å². The molecular weight excluding hydrogens is 404 g/mol. The molecule has 0 unspecified atom stereocenters. The lowest BCUT2D eigenvalue weighted by molar-refractivity contribution is 0.0236. The molecule has 2 heterocycles. The fraction of sp³-hybridized carbons (Fsp3) is 0.348. The summed E-state index contributed by atoms with van der Waals surface area (Å²) in [5.41, 5.74) is 0.971. The highest BCUT2D eigenvalue weighted by molar-refractivity contribution is 6.03. The number of hydrogen-bond acceptors (Lipinski definition) is 4. The lowest BCUT2D eigenvalue weighted by Gasteiger charge is -2.31. The smallest absolute Gasteiger partial charge is 0.410 e. The van der Waals surface area contributed by atoms with Gasteiger partial charge in [-0.1, -0.05) is 11.6 Å². The van der Waals surface area contributed by atoms with Crippen molar-refractivity contribution >= 4 is 23.9 Å². The molecule has 0 atom stereocenters. The van der Waals surface area contributed by atoms with Crippen LogP contribution in [0.3, 0.4) is 0 Å². The first-order valence-electron chi connectivity index (χ1n) is 10.0. The van der Waals surface area contributed by atoms with Gasteiger partial charge in [-0.05, 0) is 64.0 Å². The quantitative estimate of drug-likeness (QED) is 0.743. The molecular formula is C23H25F2N3O3. The zero-order chi connectivity index (χ0) is 22.6. The molecule has 1 N–H and O–H groups in total. The molecule has 0 saturated carbocycles. The van der Waals surface area contributed by atoms with E-state index < -0.39 is 23.1 Å². The summed E-state index contributed by atoms with van der Waals surface area (Å²) in [6, 6.07) is 7.88. The van der Waals surface area contributed by atoms with E-state index in [2.05, 4.69) is 10.3 Å². The molecule has 2 aromatic rings. The molecule has 1 aromatic carbocycles. The Hall–Kier alpha value is -3.29. The number of ether oxygens (including phenoxy) is 1. The summed E-state index contributed by atoms with van der Waals surface area (Å²) in [6.45, 7) is 6.62. The number of hydrogen-bond donors (Lipinski definition) is 1. The van der Waals surface area contributed by atoms with Gasteiger partial charge < -0.3 is 15.0 Å². The topological polar surface area (TPSA) is 71.5 Å². The first kappa shape index (κ1) is 22.4. The Labute approximate surface area is 179 Å². The number of rotatable bonds is 3. The zero-order valence-electron chi connectivity index (χ0n) is 17.7. The molecule has 1 saturated heterocycles. The van der Waals surface area contributed by atoms with Crippen LogP contribution in [0.25, 0.3) is 6.08 Å². The second-order valence-corrected chi connectivity index (χ2v) is 8.30. The predicted octanol–water partition coefficient (Wildman–Crippen LogP) is 5.03. The maximum absolute atomic E-state index is 13.8. The fourth-order valence-corrected chi connectivity index (χ4v) is 3.12. The molecule has 8 heteroatoms. The van der Waals surface area contributed by atoms with Crippen molar-refractivity contribution in [3.8, 4) is 0 Å². The number of benzene rings is 1. The minimum Gasteiger partial charge on any atom is -0.444 e. The molecule has 31 heavy (non-hydrogen) atoms. The van der Waals surface area contributed by atoms with E-state index in [1.54, 1.807) is 23.1 Å². The second-order valence-electron chi connectivity index (χ2n) is 8.30. The lowest BCUT2D eigenvalue weighted by atomic mass is 10.0. The molecule has 6 nitrogen and oxygen atoms in total. The standard InChI is InChI=1S/C23H25F2N3O3/c1-23(2,3)31-22(30)28-11-9-15(10-12-28)13-17-5-4-6-20(26-17)27-21(29)18-8-7-16(24)14-19(18)25/h4-8,13-14H,9-12H2,1-3H3,(H,26,27,29). The first-order valence-corrected chi connectivity index (χ1v) is 10.0. The van der Waals surface area contributed by atoms with Crippen LogP contribution in [0.5, 0.6) is 0 Å². The summed E-state index contributed by atoms with van der Waals surface area (Å²) in [5.74, 6) is -2.14. The molecule has 1 aliphatic heterocycles. The summed E-state index contributed by atoms with van der Waals surface area (Å²) in [6.07, 6.45) is 2.99. The van der Waals surface area contributed by atoms with Gasteiger partial charge in [-0.15, -0.1) is 0 Å². The van der Waals surface area contributed by atoms with E-state index in [1.165, 1.54) is 0 Å². The third kappa shape index (κ3) is 6.34. The molecule has 1 fully saturated rings. The van der Waals surface area contributed by atoms with E-state index in [-0.39, 0.29) is 17.5 Å². The molecule has 2 amide bonds. The average Bonchev–Trinajstić information content (AvgIpc) is 2.67. The van der Waals surface area contributed by atoms with Gasteiger partial charge in [0.05, 0.1) is 11.3 Å². The maximum Gasteiger partial charge on any atom is 0.410 e. The summed E-state index contributed by atoms with van der Waals surface area (Å²) in [5, 5.41) is 2.53. The van der Waals surface area contributed by atoms with E-state index in [4.69, 9.17) is 4.74 Å². The van der Waals surface area contributed by atoms with Gasteiger partial charge in [0.2, 0.25) is 0 Å². The summed E-state index contributed by atoms with van der Waals surface area (Å²) in [4.78, 5) is 30.5. The fourth-order valence-electron chi connectivity index (χ4n) is 3.12.